The van der Waals surface area contributed by atoms with Crippen LogP contribution in [-0.2, 0) is 6.54 Å². The maximum absolute atomic E-state index is 11.8. The molecule has 2 aromatic rings. The van der Waals surface area contributed by atoms with Crippen molar-refractivity contribution < 1.29 is 5.11 Å². The van der Waals surface area contributed by atoms with Crippen molar-refractivity contribution in [1.29, 1.82) is 0 Å². The summed E-state index contributed by atoms with van der Waals surface area (Å²) in [5.74, 6) is 0. The molecule has 1 unspecified atom stereocenters. The zero-order chi connectivity index (χ0) is 13.3. The minimum atomic E-state index is -0.397. The van der Waals surface area contributed by atoms with Gasteiger partial charge in [0.2, 0.25) is 0 Å². The molecule has 2 heterocycles. The number of imidazole rings is 1. The highest BCUT2D eigenvalue weighted by Gasteiger charge is 2.14. The van der Waals surface area contributed by atoms with Gasteiger partial charge in [-0.1, -0.05) is 18.5 Å². The molecule has 0 aliphatic heterocycles. The summed E-state index contributed by atoms with van der Waals surface area (Å²) in [5, 5.41) is 10.1. The third-order valence-electron chi connectivity index (χ3n) is 2.85. The molecule has 0 saturated heterocycles. The SMILES string of the molecule is CCC(O)CCn1c(=O)[nH]c2ncc(Cl)c(I)c21. The predicted octanol–water partition coefficient (Wildman–Crippen LogP) is 2.14. The smallest absolute Gasteiger partial charge is 0.327 e. The highest BCUT2D eigenvalue weighted by Crippen LogP contribution is 2.24. The van der Waals surface area contributed by atoms with E-state index in [-0.39, 0.29) is 5.69 Å². The van der Waals surface area contributed by atoms with E-state index in [1.165, 1.54) is 6.20 Å². The largest absolute Gasteiger partial charge is 0.393 e. The number of aliphatic hydroxyl groups excluding tert-OH is 1. The van der Waals surface area contributed by atoms with Crippen LogP contribution in [0.1, 0.15) is 19.8 Å². The van der Waals surface area contributed by atoms with E-state index >= 15 is 0 Å². The molecule has 2 N–H and O–H groups in total. The summed E-state index contributed by atoms with van der Waals surface area (Å²) in [6.07, 6.45) is 2.33. The number of pyridine rings is 1. The highest BCUT2D eigenvalue weighted by atomic mass is 127. The van der Waals surface area contributed by atoms with Gasteiger partial charge in [-0.2, -0.15) is 0 Å². The number of aromatic amines is 1. The minimum Gasteiger partial charge on any atom is -0.393 e. The lowest BCUT2D eigenvalue weighted by Crippen LogP contribution is -2.20. The molecule has 0 amide bonds. The lowest BCUT2D eigenvalue weighted by Gasteiger charge is -2.09. The molecule has 1 atom stereocenters. The molecule has 18 heavy (non-hydrogen) atoms. The van der Waals surface area contributed by atoms with Gasteiger partial charge in [-0.25, -0.2) is 9.78 Å². The Kier molecular flexibility index (Phi) is 4.29. The van der Waals surface area contributed by atoms with Gasteiger partial charge in [-0.15, -0.1) is 0 Å². The van der Waals surface area contributed by atoms with Crippen molar-refractivity contribution >= 4 is 45.4 Å². The first-order valence-electron chi connectivity index (χ1n) is 5.65. The Balaban J connectivity index is 2.46. The quantitative estimate of drug-likeness (QED) is 0.797. The summed E-state index contributed by atoms with van der Waals surface area (Å²) >= 11 is 8.10. The van der Waals surface area contributed by atoms with E-state index in [1.54, 1.807) is 4.57 Å². The molecule has 0 radical (unpaired) electrons. The van der Waals surface area contributed by atoms with Crippen LogP contribution in [0.15, 0.2) is 11.0 Å². The second-order valence-electron chi connectivity index (χ2n) is 4.05. The van der Waals surface area contributed by atoms with Crippen LogP contribution in [0.25, 0.3) is 11.2 Å². The number of H-pyrrole nitrogens is 1. The summed E-state index contributed by atoms with van der Waals surface area (Å²) in [4.78, 5) is 18.6. The van der Waals surface area contributed by atoms with Crippen LogP contribution in [0.3, 0.4) is 0 Å². The van der Waals surface area contributed by atoms with Crippen LogP contribution in [0.5, 0.6) is 0 Å². The molecular formula is C11H13ClIN3O2. The van der Waals surface area contributed by atoms with E-state index in [9.17, 15) is 9.90 Å². The first-order chi connectivity index (χ1) is 8.54. The van der Waals surface area contributed by atoms with E-state index in [1.807, 2.05) is 6.92 Å². The van der Waals surface area contributed by atoms with Gasteiger partial charge in [0.25, 0.3) is 0 Å². The fourth-order valence-corrected chi connectivity index (χ4v) is 2.58. The molecule has 5 nitrogen and oxygen atoms in total. The number of fused-ring (bicyclic) bond motifs is 1. The second-order valence-corrected chi connectivity index (χ2v) is 5.54. The third-order valence-corrected chi connectivity index (χ3v) is 4.54. The Morgan fingerprint density at radius 1 is 1.67 bits per heavy atom. The number of nitrogens with one attached hydrogen (secondary N) is 1. The van der Waals surface area contributed by atoms with Crippen molar-refractivity contribution in [3.8, 4) is 0 Å². The number of rotatable bonds is 4. The summed E-state index contributed by atoms with van der Waals surface area (Å²) in [5.41, 5.74) is 1.01. The van der Waals surface area contributed by atoms with E-state index < -0.39 is 6.10 Å². The number of aromatic nitrogens is 3. The van der Waals surface area contributed by atoms with Gasteiger partial charge in [0, 0.05) is 12.7 Å². The van der Waals surface area contributed by atoms with Crippen LogP contribution >= 0.6 is 34.2 Å². The maximum atomic E-state index is 11.8. The zero-order valence-corrected chi connectivity index (χ0v) is 12.7. The van der Waals surface area contributed by atoms with Gasteiger partial charge >= 0.3 is 5.69 Å². The molecular weight excluding hydrogens is 368 g/mol. The maximum Gasteiger partial charge on any atom is 0.327 e. The van der Waals surface area contributed by atoms with Gasteiger partial charge in [-0.05, 0) is 35.4 Å². The molecule has 0 aliphatic rings. The van der Waals surface area contributed by atoms with E-state index in [2.05, 4.69) is 32.6 Å². The summed E-state index contributed by atoms with van der Waals surface area (Å²) in [6, 6.07) is 0. The molecule has 0 aliphatic carbocycles. The van der Waals surface area contributed by atoms with Gasteiger partial charge in [0.15, 0.2) is 5.65 Å². The van der Waals surface area contributed by atoms with Crippen molar-refractivity contribution in [3.63, 3.8) is 0 Å². The summed E-state index contributed by atoms with van der Waals surface area (Å²) in [6.45, 7) is 2.36. The van der Waals surface area contributed by atoms with Crippen LogP contribution < -0.4 is 5.69 Å². The van der Waals surface area contributed by atoms with Crippen molar-refractivity contribution in [2.24, 2.45) is 0 Å². The standard InChI is InChI=1S/C11H13ClIN3O2/c1-2-6(17)3-4-16-9-8(13)7(12)5-14-10(9)15-11(16)18/h5-6,17H,2-4H2,1H3,(H,14,15,18). The van der Waals surface area contributed by atoms with Crippen LogP contribution in [0.4, 0.5) is 0 Å². The molecule has 0 bridgehead atoms. The lowest BCUT2D eigenvalue weighted by molar-refractivity contribution is 0.154. The van der Waals surface area contributed by atoms with Gasteiger partial charge in [0.05, 0.1) is 14.7 Å². The van der Waals surface area contributed by atoms with Crippen LogP contribution in [0.2, 0.25) is 5.02 Å². The molecule has 0 aromatic carbocycles. The molecule has 2 aromatic heterocycles. The Morgan fingerprint density at radius 3 is 3.06 bits per heavy atom. The number of aryl methyl sites for hydroxylation is 1. The van der Waals surface area contributed by atoms with E-state index in [0.29, 0.717) is 35.6 Å². The van der Waals surface area contributed by atoms with Crippen molar-refractivity contribution in [1.82, 2.24) is 14.5 Å². The van der Waals surface area contributed by atoms with Crippen LogP contribution in [-0.4, -0.2) is 25.7 Å². The highest BCUT2D eigenvalue weighted by molar-refractivity contribution is 14.1. The number of hydrogen-bond acceptors (Lipinski definition) is 3. The van der Waals surface area contributed by atoms with Gasteiger partial charge < -0.3 is 5.11 Å². The van der Waals surface area contributed by atoms with Crippen molar-refractivity contribution in [3.05, 3.63) is 25.3 Å². The van der Waals surface area contributed by atoms with Gasteiger partial charge in [-0.3, -0.25) is 9.55 Å². The molecule has 0 spiro atoms. The Hall–Kier alpha value is -0.600. The van der Waals surface area contributed by atoms with Crippen molar-refractivity contribution in [2.75, 3.05) is 0 Å². The monoisotopic (exact) mass is 381 g/mol. The third kappa shape index (κ3) is 2.55. The fraction of sp³-hybridized carbons (Fsp3) is 0.455. The normalized spacial score (nSPS) is 13.1. The molecule has 0 saturated carbocycles. The van der Waals surface area contributed by atoms with Gasteiger partial charge in [0.1, 0.15) is 5.52 Å². The number of nitrogens with zero attached hydrogens (tertiary/aromatic N) is 2. The Labute approximate surface area is 122 Å². The molecule has 2 rings (SSSR count). The fourth-order valence-electron chi connectivity index (χ4n) is 1.76. The minimum absolute atomic E-state index is 0.221. The first-order valence-corrected chi connectivity index (χ1v) is 7.10. The summed E-state index contributed by atoms with van der Waals surface area (Å²) < 4.78 is 2.37. The Morgan fingerprint density at radius 2 is 2.39 bits per heavy atom. The van der Waals surface area contributed by atoms with E-state index in [0.717, 1.165) is 3.57 Å². The zero-order valence-electron chi connectivity index (χ0n) is 9.78. The molecule has 0 fully saturated rings. The van der Waals surface area contributed by atoms with E-state index in [4.69, 9.17) is 11.6 Å². The predicted molar refractivity (Wildman–Crippen MR) is 79.0 cm³/mol. The summed E-state index contributed by atoms with van der Waals surface area (Å²) in [7, 11) is 0. The average Bonchev–Trinajstić information content (AvgIpc) is 2.68. The van der Waals surface area contributed by atoms with Crippen LogP contribution in [0, 0.1) is 3.57 Å². The average molecular weight is 382 g/mol. The number of aliphatic hydroxyl groups is 1. The number of hydrogen-bond donors (Lipinski definition) is 2. The first kappa shape index (κ1) is 13.8. The second kappa shape index (κ2) is 5.58. The lowest BCUT2D eigenvalue weighted by atomic mass is 10.2. The van der Waals surface area contributed by atoms with Crippen molar-refractivity contribution in [2.45, 2.75) is 32.4 Å². The Bertz CT molecular complexity index is 623. The molecule has 7 heteroatoms. The topological polar surface area (TPSA) is 70.9 Å². The number of halogens is 2. The molecule has 98 valence electrons.